The van der Waals surface area contributed by atoms with E-state index < -0.39 is 18.5 Å². The fourth-order valence-corrected chi connectivity index (χ4v) is 2.72. The molecule has 0 aromatic heterocycles. The van der Waals surface area contributed by atoms with E-state index in [4.69, 9.17) is 0 Å². The van der Waals surface area contributed by atoms with Gasteiger partial charge in [-0.1, -0.05) is 19.1 Å². The van der Waals surface area contributed by atoms with Crippen molar-refractivity contribution >= 4 is 6.41 Å². The number of halogens is 3. The number of carbonyl (C=O) groups is 1. The van der Waals surface area contributed by atoms with Crippen LogP contribution in [0.2, 0.25) is 0 Å². The highest BCUT2D eigenvalue weighted by Gasteiger charge is 2.34. The highest BCUT2D eigenvalue weighted by atomic mass is 19.3. The Hall–Kier alpha value is -1.46. The van der Waals surface area contributed by atoms with Gasteiger partial charge in [0.15, 0.2) is 6.67 Å². The molecule has 0 aliphatic carbocycles. The number of carbonyl (C=O) groups excluding carboxylic acids is 1. The Morgan fingerprint density at radius 1 is 1.39 bits per heavy atom. The van der Waals surface area contributed by atoms with Crippen molar-refractivity contribution in [2.75, 3.05) is 26.3 Å². The van der Waals surface area contributed by atoms with Gasteiger partial charge in [-0.3, -0.25) is 4.79 Å². The fraction of sp³-hybridized carbons (Fsp3) is 0.706. The van der Waals surface area contributed by atoms with Crippen LogP contribution in [-0.2, 0) is 4.79 Å². The smallest absolute Gasteiger partial charge is 0.281 e. The van der Waals surface area contributed by atoms with Gasteiger partial charge in [-0.25, -0.2) is 13.2 Å². The zero-order valence-electron chi connectivity index (χ0n) is 13.9. The SMILES string of the molecule is C/C=C(\C=C/C(C)C(F)(F)CF)N1CCC(CCNC=O)CC1. The van der Waals surface area contributed by atoms with Crippen LogP contribution in [0.15, 0.2) is 23.9 Å². The molecule has 1 unspecified atom stereocenters. The van der Waals surface area contributed by atoms with Crippen molar-refractivity contribution in [3.8, 4) is 0 Å². The van der Waals surface area contributed by atoms with Crippen molar-refractivity contribution in [2.24, 2.45) is 11.8 Å². The molecule has 1 atom stereocenters. The number of nitrogens with zero attached hydrogens (tertiary/aromatic N) is 1. The Kier molecular flexibility index (Phi) is 8.20. The van der Waals surface area contributed by atoms with Crippen molar-refractivity contribution in [2.45, 2.75) is 39.0 Å². The van der Waals surface area contributed by atoms with Gasteiger partial charge in [0.25, 0.3) is 5.92 Å². The second-order valence-corrected chi connectivity index (χ2v) is 6.05. The quantitative estimate of drug-likeness (QED) is 0.398. The second-order valence-electron chi connectivity index (χ2n) is 6.05. The molecule has 1 heterocycles. The summed E-state index contributed by atoms with van der Waals surface area (Å²) in [5.41, 5.74) is 0.899. The van der Waals surface area contributed by atoms with Crippen LogP contribution in [0.1, 0.15) is 33.1 Å². The van der Waals surface area contributed by atoms with E-state index in [-0.39, 0.29) is 0 Å². The molecule has 0 radical (unpaired) electrons. The molecule has 6 heteroatoms. The lowest BCUT2D eigenvalue weighted by Crippen LogP contribution is -2.34. The number of likely N-dealkylation sites (tertiary alicyclic amines) is 1. The first-order chi connectivity index (χ1) is 10.9. The van der Waals surface area contributed by atoms with Gasteiger partial charge in [-0.2, -0.15) is 0 Å². The van der Waals surface area contributed by atoms with Crippen molar-refractivity contribution in [3.63, 3.8) is 0 Å². The summed E-state index contributed by atoms with van der Waals surface area (Å²) in [6.45, 7) is 3.99. The first-order valence-corrected chi connectivity index (χ1v) is 8.14. The van der Waals surface area contributed by atoms with E-state index in [2.05, 4.69) is 10.2 Å². The van der Waals surface area contributed by atoms with Crippen molar-refractivity contribution in [1.82, 2.24) is 10.2 Å². The summed E-state index contributed by atoms with van der Waals surface area (Å²) in [6, 6.07) is 0. The number of amides is 1. The maximum atomic E-state index is 13.3. The average molecular weight is 332 g/mol. The molecule has 0 spiro atoms. The van der Waals surface area contributed by atoms with Gasteiger partial charge in [-0.05, 0) is 38.2 Å². The largest absolute Gasteiger partial charge is 0.372 e. The van der Waals surface area contributed by atoms with Gasteiger partial charge in [0, 0.05) is 31.2 Å². The molecule has 0 saturated carbocycles. The molecule has 1 aliphatic heterocycles. The normalized spacial score (nSPS) is 19.2. The molecule has 0 aromatic carbocycles. The molecule has 3 nitrogen and oxygen atoms in total. The van der Waals surface area contributed by atoms with Crippen LogP contribution in [-0.4, -0.2) is 43.5 Å². The summed E-state index contributed by atoms with van der Waals surface area (Å²) in [5, 5.41) is 2.67. The van der Waals surface area contributed by atoms with Crippen LogP contribution < -0.4 is 5.32 Å². The number of nitrogens with one attached hydrogen (secondary N) is 1. The van der Waals surface area contributed by atoms with Gasteiger partial charge in [0.1, 0.15) is 0 Å². The van der Waals surface area contributed by atoms with E-state index in [1.807, 2.05) is 13.0 Å². The zero-order valence-corrected chi connectivity index (χ0v) is 13.9. The summed E-state index contributed by atoms with van der Waals surface area (Å²) in [4.78, 5) is 12.4. The molecule has 1 aliphatic rings. The first-order valence-electron chi connectivity index (χ1n) is 8.14. The molecule has 0 aromatic rings. The number of piperidine rings is 1. The first kappa shape index (κ1) is 19.6. The third-order valence-electron chi connectivity index (χ3n) is 4.46. The molecule has 1 fully saturated rings. The molecule has 0 bridgehead atoms. The lowest BCUT2D eigenvalue weighted by molar-refractivity contribution is -0.109. The topological polar surface area (TPSA) is 32.3 Å². The van der Waals surface area contributed by atoms with Crippen LogP contribution in [0, 0.1) is 11.8 Å². The number of alkyl halides is 3. The Morgan fingerprint density at radius 3 is 2.57 bits per heavy atom. The minimum Gasteiger partial charge on any atom is -0.372 e. The van der Waals surface area contributed by atoms with E-state index in [0.29, 0.717) is 18.9 Å². The number of hydrogen-bond donors (Lipinski definition) is 1. The summed E-state index contributed by atoms with van der Waals surface area (Å²) in [6.07, 6.45) is 8.66. The van der Waals surface area contributed by atoms with E-state index >= 15 is 0 Å². The minimum absolute atomic E-state index is 0.579. The monoisotopic (exact) mass is 332 g/mol. The molecule has 1 N–H and O–H groups in total. The maximum absolute atomic E-state index is 13.3. The average Bonchev–Trinajstić information content (AvgIpc) is 2.56. The molecule has 1 rings (SSSR count). The summed E-state index contributed by atoms with van der Waals surface area (Å²) in [7, 11) is 0. The molecule has 1 amide bonds. The Morgan fingerprint density at radius 2 is 2.04 bits per heavy atom. The fourth-order valence-electron chi connectivity index (χ4n) is 2.72. The van der Waals surface area contributed by atoms with Crippen molar-refractivity contribution in [3.05, 3.63) is 23.9 Å². The van der Waals surface area contributed by atoms with Gasteiger partial charge >= 0.3 is 0 Å². The lowest BCUT2D eigenvalue weighted by Gasteiger charge is -2.34. The van der Waals surface area contributed by atoms with Gasteiger partial charge < -0.3 is 10.2 Å². The number of allylic oxidation sites excluding steroid dienone is 3. The molecular weight excluding hydrogens is 305 g/mol. The van der Waals surface area contributed by atoms with E-state index in [9.17, 15) is 18.0 Å². The van der Waals surface area contributed by atoms with Crippen LogP contribution in [0.3, 0.4) is 0 Å². The van der Waals surface area contributed by atoms with Crippen LogP contribution in [0.4, 0.5) is 13.2 Å². The highest BCUT2D eigenvalue weighted by Crippen LogP contribution is 2.27. The van der Waals surface area contributed by atoms with Gasteiger partial charge in [0.2, 0.25) is 6.41 Å². The van der Waals surface area contributed by atoms with Crippen molar-refractivity contribution < 1.29 is 18.0 Å². The molecule has 132 valence electrons. The third kappa shape index (κ3) is 6.28. The van der Waals surface area contributed by atoms with Crippen LogP contribution in [0.25, 0.3) is 0 Å². The standard InChI is InChI=1S/C17H27F3N2O/c1-3-16(5-4-14(2)17(19,20)12-18)22-10-7-15(8-11-22)6-9-21-13-23/h3-5,13-15H,6-12H2,1-2H3,(H,21,23)/b5-4-,16-3+. The second kappa shape index (κ2) is 9.63. The van der Waals surface area contributed by atoms with Crippen molar-refractivity contribution in [1.29, 1.82) is 0 Å². The minimum atomic E-state index is -3.31. The summed E-state index contributed by atoms with van der Waals surface area (Å²) >= 11 is 0. The zero-order chi connectivity index (χ0) is 17.3. The molecular formula is C17H27F3N2O. The number of hydrogen-bond acceptors (Lipinski definition) is 2. The molecule has 1 saturated heterocycles. The van der Waals surface area contributed by atoms with Crippen LogP contribution >= 0.6 is 0 Å². The van der Waals surface area contributed by atoms with E-state index in [1.54, 1.807) is 6.08 Å². The van der Waals surface area contributed by atoms with E-state index in [1.165, 1.54) is 13.0 Å². The van der Waals surface area contributed by atoms with Gasteiger partial charge in [-0.15, -0.1) is 0 Å². The third-order valence-corrected chi connectivity index (χ3v) is 4.46. The predicted molar refractivity (Wildman–Crippen MR) is 86.0 cm³/mol. The highest BCUT2D eigenvalue weighted by molar-refractivity contribution is 5.45. The van der Waals surface area contributed by atoms with E-state index in [0.717, 1.165) is 38.0 Å². The Bertz CT molecular complexity index is 416. The Balaban J connectivity index is 2.50. The Labute approximate surface area is 136 Å². The summed E-state index contributed by atoms with van der Waals surface area (Å²) in [5.74, 6) is -3.86. The van der Waals surface area contributed by atoms with Gasteiger partial charge in [0.05, 0.1) is 0 Å². The number of rotatable bonds is 9. The predicted octanol–water partition coefficient (Wildman–Crippen LogP) is 3.54. The maximum Gasteiger partial charge on any atom is 0.281 e. The van der Waals surface area contributed by atoms with Crippen LogP contribution in [0.5, 0.6) is 0 Å². The molecule has 23 heavy (non-hydrogen) atoms. The lowest BCUT2D eigenvalue weighted by atomic mass is 9.93. The summed E-state index contributed by atoms with van der Waals surface area (Å²) < 4.78 is 38.8.